The van der Waals surface area contributed by atoms with Crippen molar-refractivity contribution in [1.82, 2.24) is 5.32 Å². The summed E-state index contributed by atoms with van der Waals surface area (Å²) in [7, 11) is 0. The maximum absolute atomic E-state index is 12.1. The molecule has 1 fully saturated rings. The number of aliphatic hydroxyl groups is 2. The molecule has 4 unspecified atom stereocenters. The van der Waals surface area contributed by atoms with E-state index in [9.17, 15) is 14.7 Å². The summed E-state index contributed by atoms with van der Waals surface area (Å²) in [5, 5.41) is 21.8. The monoisotopic (exact) mass is 283 g/mol. The lowest BCUT2D eigenvalue weighted by Gasteiger charge is -2.41. The van der Waals surface area contributed by atoms with Crippen molar-refractivity contribution < 1.29 is 24.5 Å². The summed E-state index contributed by atoms with van der Waals surface area (Å²) in [5.41, 5.74) is -1.44. The first-order valence-electron chi connectivity index (χ1n) is 6.97. The second kappa shape index (κ2) is 5.93. The number of carbonyl (C=O) groups is 2. The SMILES string of the molecule is CC1(C(O)C2C=CCCC2)NC(=O)C(CCO)OC1=O. The Bertz CT molecular complexity index is 422. The van der Waals surface area contributed by atoms with E-state index in [0.29, 0.717) is 0 Å². The zero-order chi connectivity index (χ0) is 14.8. The fourth-order valence-corrected chi connectivity index (χ4v) is 2.72. The highest BCUT2D eigenvalue weighted by Crippen LogP contribution is 2.30. The van der Waals surface area contributed by atoms with Crippen molar-refractivity contribution in [3.05, 3.63) is 12.2 Å². The van der Waals surface area contributed by atoms with E-state index in [2.05, 4.69) is 5.32 Å². The molecule has 1 heterocycles. The van der Waals surface area contributed by atoms with Crippen molar-refractivity contribution in [3.8, 4) is 0 Å². The van der Waals surface area contributed by atoms with Crippen LogP contribution in [0.1, 0.15) is 32.6 Å². The van der Waals surface area contributed by atoms with E-state index >= 15 is 0 Å². The minimum atomic E-state index is -1.44. The third-order valence-electron chi connectivity index (χ3n) is 4.03. The molecule has 20 heavy (non-hydrogen) atoms. The first-order chi connectivity index (χ1) is 9.49. The van der Waals surface area contributed by atoms with E-state index in [4.69, 9.17) is 9.84 Å². The summed E-state index contributed by atoms with van der Waals surface area (Å²) in [6.45, 7) is 1.24. The van der Waals surface area contributed by atoms with Crippen LogP contribution in [0.15, 0.2) is 12.2 Å². The Balaban J connectivity index is 2.13. The van der Waals surface area contributed by atoms with Crippen LogP contribution in [-0.4, -0.2) is 46.4 Å². The largest absolute Gasteiger partial charge is 0.450 e. The Morgan fingerprint density at radius 3 is 2.90 bits per heavy atom. The molecular formula is C14H21NO5. The molecule has 0 aromatic rings. The van der Waals surface area contributed by atoms with Crippen LogP contribution in [0.5, 0.6) is 0 Å². The molecule has 0 saturated carbocycles. The summed E-state index contributed by atoms with van der Waals surface area (Å²) < 4.78 is 5.07. The highest BCUT2D eigenvalue weighted by molar-refractivity contribution is 5.95. The average molecular weight is 283 g/mol. The number of esters is 1. The predicted molar refractivity (Wildman–Crippen MR) is 70.6 cm³/mol. The van der Waals surface area contributed by atoms with Crippen molar-refractivity contribution in [2.45, 2.75) is 50.4 Å². The summed E-state index contributed by atoms with van der Waals surface area (Å²) >= 11 is 0. The number of aliphatic hydroxyl groups excluding tert-OH is 2. The Kier molecular flexibility index (Phi) is 4.45. The van der Waals surface area contributed by atoms with Crippen LogP contribution < -0.4 is 5.32 Å². The summed E-state index contributed by atoms with van der Waals surface area (Å²) in [6, 6.07) is 0. The first-order valence-corrected chi connectivity index (χ1v) is 6.97. The topological polar surface area (TPSA) is 95.9 Å². The van der Waals surface area contributed by atoms with Crippen LogP contribution in [0, 0.1) is 5.92 Å². The van der Waals surface area contributed by atoms with Crippen LogP contribution in [0.4, 0.5) is 0 Å². The number of hydrogen-bond donors (Lipinski definition) is 3. The molecule has 2 rings (SSSR count). The highest BCUT2D eigenvalue weighted by atomic mass is 16.6. The summed E-state index contributed by atoms with van der Waals surface area (Å²) in [6.07, 6.45) is 4.62. The van der Waals surface area contributed by atoms with Gasteiger partial charge in [0.05, 0.1) is 6.10 Å². The van der Waals surface area contributed by atoms with Gasteiger partial charge in [-0.3, -0.25) is 4.79 Å². The molecule has 6 nitrogen and oxygen atoms in total. The van der Waals surface area contributed by atoms with Gasteiger partial charge in [-0.2, -0.15) is 0 Å². The van der Waals surface area contributed by atoms with Crippen molar-refractivity contribution in [1.29, 1.82) is 0 Å². The molecule has 3 N–H and O–H groups in total. The van der Waals surface area contributed by atoms with Gasteiger partial charge in [-0.05, 0) is 26.2 Å². The third-order valence-corrected chi connectivity index (χ3v) is 4.03. The van der Waals surface area contributed by atoms with Crippen LogP contribution >= 0.6 is 0 Å². The molecule has 0 aromatic carbocycles. The normalized spacial score (nSPS) is 35.4. The van der Waals surface area contributed by atoms with Crippen LogP contribution in [0.3, 0.4) is 0 Å². The average Bonchev–Trinajstić information content (AvgIpc) is 2.45. The van der Waals surface area contributed by atoms with Gasteiger partial charge in [0.2, 0.25) is 0 Å². The van der Waals surface area contributed by atoms with Crippen molar-refractivity contribution in [2.24, 2.45) is 5.92 Å². The molecule has 0 radical (unpaired) electrons. The molecule has 0 aromatic heterocycles. The van der Waals surface area contributed by atoms with Gasteiger partial charge in [0.25, 0.3) is 5.91 Å². The number of nitrogens with one attached hydrogen (secondary N) is 1. The molecule has 2 aliphatic rings. The highest BCUT2D eigenvalue weighted by Gasteiger charge is 2.51. The van der Waals surface area contributed by atoms with Gasteiger partial charge in [0, 0.05) is 18.9 Å². The van der Waals surface area contributed by atoms with Crippen molar-refractivity contribution in [2.75, 3.05) is 6.61 Å². The minimum Gasteiger partial charge on any atom is -0.450 e. The van der Waals surface area contributed by atoms with Gasteiger partial charge in [-0.25, -0.2) is 4.79 Å². The molecule has 6 heteroatoms. The molecule has 0 bridgehead atoms. The Morgan fingerprint density at radius 1 is 1.55 bits per heavy atom. The minimum absolute atomic E-state index is 0.0626. The number of carbonyl (C=O) groups excluding carboxylic acids is 2. The number of rotatable bonds is 4. The molecule has 1 aliphatic heterocycles. The summed E-state index contributed by atoms with van der Waals surface area (Å²) in [4.78, 5) is 24.0. The van der Waals surface area contributed by atoms with Gasteiger partial charge in [0.1, 0.15) is 0 Å². The Labute approximate surface area is 117 Å². The molecule has 1 aliphatic carbocycles. The smallest absolute Gasteiger partial charge is 0.335 e. The van der Waals surface area contributed by atoms with Gasteiger partial charge in [-0.1, -0.05) is 12.2 Å². The van der Waals surface area contributed by atoms with Crippen molar-refractivity contribution >= 4 is 11.9 Å². The Hall–Kier alpha value is -1.40. The molecule has 1 amide bonds. The molecule has 112 valence electrons. The van der Waals surface area contributed by atoms with Gasteiger partial charge >= 0.3 is 5.97 Å². The van der Waals surface area contributed by atoms with Gasteiger partial charge in [0.15, 0.2) is 11.6 Å². The van der Waals surface area contributed by atoms with E-state index in [1.165, 1.54) is 6.92 Å². The van der Waals surface area contributed by atoms with Gasteiger partial charge in [-0.15, -0.1) is 0 Å². The van der Waals surface area contributed by atoms with E-state index in [0.717, 1.165) is 19.3 Å². The Morgan fingerprint density at radius 2 is 2.30 bits per heavy atom. The first kappa shape index (κ1) is 15.0. The van der Waals surface area contributed by atoms with Crippen LogP contribution in [-0.2, 0) is 14.3 Å². The number of cyclic esters (lactones) is 1. The number of morpholine rings is 1. The quantitative estimate of drug-likeness (QED) is 0.494. The zero-order valence-electron chi connectivity index (χ0n) is 11.5. The lowest BCUT2D eigenvalue weighted by Crippen LogP contribution is -2.68. The maximum Gasteiger partial charge on any atom is 0.335 e. The van der Waals surface area contributed by atoms with Crippen molar-refractivity contribution in [3.63, 3.8) is 0 Å². The van der Waals surface area contributed by atoms with E-state index < -0.39 is 29.6 Å². The second-order valence-corrected chi connectivity index (χ2v) is 5.57. The summed E-state index contributed by atoms with van der Waals surface area (Å²) in [5.74, 6) is -1.29. The lowest BCUT2D eigenvalue weighted by molar-refractivity contribution is -0.179. The number of allylic oxidation sites excluding steroid dienone is 1. The van der Waals surface area contributed by atoms with Crippen LogP contribution in [0.2, 0.25) is 0 Å². The van der Waals surface area contributed by atoms with E-state index in [1.54, 1.807) is 0 Å². The number of amides is 1. The standard InChI is InChI=1S/C14H21NO5/c1-14(11(17)9-5-3-2-4-6-9)13(19)20-10(7-8-16)12(18)15-14/h3,5,9-11,16-17H,2,4,6-8H2,1H3,(H,15,18). The predicted octanol–water partition coefficient (Wildman–Crippen LogP) is -0.114. The fraction of sp³-hybridized carbons (Fsp3) is 0.714. The van der Waals surface area contributed by atoms with E-state index in [-0.39, 0.29) is 18.9 Å². The maximum atomic E-state index is 12.1. The fourth-order valence-electron chi connectivity index (χ4n) is 2.72. The van der Waals surface area contributed by atoms with Crippen LogP contribution in [0.25, 0.3) is 0 Å². The number of hydrogen-bond acceptors (Lipinski definition) is 5. The van der Waals surface area contributed by atoms with E-state index in [1.807, 2.05) is 12.2 Å². The second-order valence-electron chi connectivity index (χ2n) is 5.57. The van der Waals surface area contributed by atoms with Gasteiger partial charge < -0.3 is 20.3 Å². The molecule has 4 atom stereocenters. The lowest BCUT2D eigenvalue weighted by atomic mass is 9.80. The molecule has 1 saturated heterocycles. The molecule has 0 spiro atoms. The third kappa shape index (κ3) is 2.71. The zero-order valence-corrected chi connectivity index (χ0v) is 11.5. The number of ether oxygens (including phenoxy) is 1. The molecular weight excluding hydrogens is 262 g/mol.